The molecule has 1 amide bonds. The number of rotatable bonds is 5. The van der Waals surface area contributed by atoms with Gasteiger partial charge in [0.25, 0.3) is 5.91 Å². The lowest BCUT2D eigenvalue weighted by molar-refractivity contribution is -0.118. The number of hydrogen-bond donors (Lipinski definition) is 2. The Balaban J connectivity index is 1.90. The van der Waals surface area contributed by atoms with Crippen molar-refractivity contribution in [2.45, 2.75) is 13.3 Å². The normalized spacial score (nSPS) is 9.82. The number of carbonyl (C=O) groups is 1. The molecule has 0 aliphatic carbocycles. The van der Waals surface area contributed by atoms with E-state index in [0.717, 1.165) is 11.1 Å². The second kappa shape index (κ2) is 7.14. The van der Waals surface area contributed by atoms with Crippen LogP contribution in [-0.4, -0.2) is 12.5 Å². The number of nitrogens with zero attached hydrogens (tertiary/aromatic N) is 1. The molecule has 0 atom stereocenters. The zero-order valence-electron chi connectivity index (χ0n) is 12.3. The average molecular weight is 295 g/mol. The third kappa shape index (κ3) is 4.00. The standard InChI is InChI=1S/C17H17N3O2/c1-12-15(19)3-2-4-16(12)20-17(21)11-22-14-7-5-13(6-8-14)9-10-18/h2-8H,9,11,19H2,1H3,(H,20,21). The molecule has 0 fully saturated rings. The number of carbonyl (C=O) groups excluding carboxylic acids is 1. The molecule has 0 radical (unpaired) electrons. The summed E-state index contributed by atoms with van der Waals surface area (Å²) < 4.78 is 5.42. The van der Waals surface area contributed by atoms with Crippen molar-refractivity contribution in [3.63, 3.8) is 0 Å². The molecule has 3 N–H and O–H groups in total. The van der Waals surface area contributed by atoms with Crippen molar-refractivity contribution < 1.29 is 9.53 Å². The first kappa shape index (κ1) is 15.4. The Morgan fingerprint density at radius 2 is 2.00 bits per heavy atom. The molecule has 2 aromatic carbocycles. The summed E-state index contributed by atoms with van der Waals surface area (Å²) in [7, 11) is 0. The monoisotopic (exact) mass is 295 g/mol. The fourth-order valence-corrected chi connectivity index (χ4v) is 1.92. The Morgan fingerprint density at radius 1 is 1.27 bits per heavy atom. The highest BCUT2D eigenvalue weighted by atomic mass is 16.5. The smallest absolute Gasteiger partial charge is 0.262 e. The summed E-state index contributed by atoms with van der Waals surface area (Å²) in [4.78, 5) is 11.9. The Kier molecular flexibility index (Phi) is 4.99. The number of anilines is 2. The van der Waals surface area contributed by atoms with Crippen LogP contribution in [0.15, 0.2) is 42.5 Å². The van der Waals surface area contributed by atoms with E-state index in [-0.39, 0.29) is 12.5 Å². The van der Waals surface area contributed by atoms with Gasteiger partial charge in [-0.3, -0.25) is 4.79 Å². The first-order chi connectivity index (χ1) is 10.6. The molecule has 0 unspecified atom stereocenters. The highest BCUT2D eigenvalue weighted by molar-refractivity contribution is 5.93. The molecule has 0 aliphatic heterocycles. The lowest BCUT2D eigenvalue weighted by Gasteiger charge is -2.11. The van der Waals surface area contributed by atoms with Crippen LogP contribution in [0.4, 0.5) is 11.4 Å². The molecule has 2 rings (SSSR count). The molecular weight excluding hydrogens is 278 g/mol. The lowest BCUT2D eigenvalue weighted by atomic mass is 10.1. The lowest BCUT2D eigenvalue weighted by Crippen LogP contribution is -2.20. The van der Waals surface area contributed by atoms with Crippen molar-refractivity contribution in [2.75, 3.05) is 17.7 Å². The zero-order valence-corrected chi connectivity index (χ0v) is 12.3. The molecule has 0 bridgehead atoms. The maximum absolute atomic E-state index is 11.9. The van der Waals surface area contributed by atoms with Gasteiger partial charge in [0, 0.05) is 11.4 Å². The van der Waals surface area contributed by atoms with E-state index in [1.54, 1.807) is 42.5 Å². The maximum atomic E-state index is 11.9. The van der Waals surface area contributed by atoms with E-state index in [1.165, 1.54) is 0 Å². The zero-order chi connectivity index (χ0) is 15.9. The van der Waals surface area contributed by atoms with E-state index in [2.05, 4.69) is 11.4 Å². The highest BCUT2D eigenvalue weighted by Gasteiger charge is 2.07. The highest BCUT2D eigenvalue weighted by Crippen LogP contribution is 2.20. The van der Waals surface area contributed by atoms with Gasteiger partial charge in [-0.05, 0) is 42.3 Å². The quantitative estimate of drug-likeness (QED) is 0.830. The Labute approximate surface area is 129 Å². The van der Waals surface area contributed by atoms with Crippen molar-refractivity contribution in [1.82, 2.24) is 0 Å². The molecule has 2 aromatic rings. The molecule has 0 spiro atoms. The first-order valence-electron chi connectivity index (χ1n) is 6.84. The third-order valence-corrected chi connectivity index (χ3v) is 3.23. The Hall–Kier alpha value is -3.00. The number of ether oxygens (including phenoxy) is 1. The van der Waals surface area contributed by atoms with Crippen LogP contribution in [0, 0.1) is 18.3 Å². The minimum absolute atomic E-state index is 0.0914. The van der Waals surface area contributed by atoms with E-state index in [4.69, 9.17) is 15.7 Å². The number of nitrogens with two attached hydrogens (primary N) is 1. The molecule has 5 heteroatoms. The van der Waals surface area contributed by atoms with Crippen LogP contribution in [0.1, 0.15) is 11.1 Å². The van der Waals surface area contributed by atoms with Crippen molar-refractivity contribution in [1.29, 1.82) is 5.26 Å². The van der Waals surface area contributed by atoms with Gasteiger partial charge in [-0.25, -0.2) is 0 Å². The van der Waals surface area contributed by atoms with Crippen molar-refractivity contribution >= 4 is 17.3 Å². The van der Waals surface area contributed by atoms with Crippen LogP contribution >= 0.6 is 0 Å². The maximum Gasteiger partial charge on any atom is 0.262 e. The number of nitriles is 1. The molecule has 0 heterocycles. The van der Waals surface area contributed by atoms with Crippen LogP contribution < -0.4 is 15.8 Å². The van der Waals surface area contributed by atoms with Crippen molar-refractivity contribution in [3.8, 4) is 11.8 Å². The second-order valence-electron chi connectivity index (χ2n) is 4.84. The van der Waals surface area contributed by atoms with Crippen LogP contribution in [0.25, 0.3) is 0 Å². The topological polar surface area (TPSA) is 88.1 Å². The van der Waals surface area contributed by atoms with Gasteiger partial charge in [-0.15, -0.1) is 0 Å². The largest absolute Gasteiger partial charge is 0.484 e. The van der Waals surface area contributed by atoms with Crippen LogP contribution in [0.3, 0.4) is 0 Å². The summed E-state index contributed by atoms with van der Waals surface area (Å²) in [5.74, 6) is 0.330. The number of nitrogen functional groups attached to an aromatic ring is 1. The third-order valence-electron chi connectivity index (χ3n) is 3.23. The van der Waals surface area contributed by atoms with E-state index in [0.29, 0.717) is 23.5 Å². The van der Waals surface area contributed by atoms with Gasteiger partial charge in [0.05, 0.1) is 12.5 Å². The van der Waals surface area contributed by atoms with Gasteiger partial charge >= 0.3 is 0 Å². The SMILES string of the molecule is Cc1c(N)cccc1NC(=O)COc1ccc(CC#N)cc1. The predicted molar refractivity (Wildman–Crippen MR) is 85.5 cm³/mol. The first-order valence-corrected chi connectivity index (χ1v) is 6.84. The summed E-state index contributed by atoms with van der Waals surface area (Å²) in [6.45, 7) is 1.76. The minimum Gasteiger partial charge on any atom is -0.484 e. The molecule has 22 heavy (non-hydrogen) atoms. The fraction of sp³-hybridized carbons (Fsp3) is 0.176. The molecule has 5 nitrogen and oxygen atoms in total. The van der Waals surface area contributed by atoms with E-state index < -0.39 is 0 Å². The van der Waals surface area contributed by atoms with Gasteiger partial charge < -0.3 is 15.8 Å². The predicted octanol–water partition coefficient (Wildman–Crippen LogP) is 2.66. The van der Waals surface area contributed by atoms with Gasteiger partial charge in [0.2, 0.25) is 0 Å². The number of hydrogen-bond acceptors (Lipinski definition) is 4. The van der Waals surface area contributed by atoms with Gasteiger partial charge in [0.1, 0.15) is 5.75 Å². The van der Waals surface area contributed by atoms with E-state index >= 15 is 0 Å². The average Bonchev–Trinajstić information content (AvgIpc) is 2.51. The molecule has 0 aliphatic rings. The second-order valence-corrected chi connectivity index (χ2v) is 4.84. The fourth-order valence-electron chi connectivity index (χ4n) is 1.92. The van der Waals surface area contributed by atoms with E-state index in [9.17, 15) is 4.79 Å². The molecule has 0 aromatic heterocycles. The number of benzene rings is 2. The Morgan fingerprint density at radius 3 is 2.68 bits per heavy atom. The van der Waals surface area contributed by atoms with Crippen molar-refractivity contribution in [3.05, 3.63) is 53.6 Å². The Bertz CT molecular complexity index is 703. The number of amides is 1. The van der Waals surface area contributed by atoms with E-state index in [1.807, 2.05) is 6.92 Å². The van der Waals surface area contributed by atoms with Crippen LogP contribution in [0.5, 0.6) is 5.75 Å². The van der Waals surface area contributed by atoms with Gasteiger partial charge in [-0.1, -0.05) is 18.2 Å². The molecule has 0 saturated heterocycles. The van der Waals surface area contributed by atoms with Gasteiger partial charge in [-0.2, -0.15) is 5.26 Å². The molecular formula is C17H17N3O2. The summed E-state index contributed by atoms with van der Waals surface area (Å²) in [6, 6.07) is 14.5. The summed E-state index contributed by atoms with van der Waals surface area (Å²) in [6.07, 6.45) is 0.357. The molecule has 112 valence electrons. The van der Waals surface area contributed by atoms with Crippen LogP contribution in [0.2, 0.25) is 0 Å². The van der Waals surface area contributed by atoms with Gasteiger partial charge in [0.15, 0.2) is 6.61 Å². The number of nitrogens with one attached hydrogen (secondary N) is 1. The molecule has 0 saturated carbocycles. The minimum atomic E-state index is -0.255. The van der Waals surface area contributed by atoms with Crippen molar-refractivity contribution in [2.24, 2.45) is 0 Å². The summed E-state index contributed by atoms with van der Waals surface area (Å²) >= 11 is 0. The summed E-state index contributed by atoms with van der Waals surface area (Å²) in [5.41, 5.74) is 8.85. The van der Waals surface area contributed by atoms with Crippen LogP contribution in [-0.2, 0) is 11.2 Å². The summed E-state index contributed by atoms with van der Waals surface area (Å²) in [5, 5.41) is 11.4.